The fourth-order valence-electron chi connectivity index (χ4n) is 2.44. The zero-order valence-corrected chi connectivity index (χ0v) is 13.4. The van der Waals surface area contributed by atoms with Crippen LogP contribution in [0, 0.1) is 0 Å². The van der Waals surface area contributed by atoms with Crippen LogP contribution in [0.3, 0.4) is 0 Å². The molecule has 0 spiro atoms. The topological polar surface area (TPSA) is 23.6 Å². The number of hydrogen-bond donors (Lipinski definition) is 0. The number of aldehydes is 1. The zero-order chi connectivity index (χ0) is 14.0. The fraction of sp³-hybridized carbons (Fsp3) is 0.533. The summed E-state index contributed by atoms with van der Waals surface area (Å²) < 4.78 is 0.873. The van der Waals surface area contributed by atoms with Gasteiger partial charge in [0.05, 0.1) is 0 Å². The van der Waals surface area contributed by atoms with E-state index in [-0.39, 0.29) is 5.54 Å². The van der Waals surface area contributed by atoms with Crippen molar-refractivity contribution >= 4 is 27.9 Å². The SMILES string of the molecule is CC(C)(C)N1CCN(c2ccc(C=O)c(Br)c2)CC1. The first-order valence-corrected chi connectivity index (χ1v) is 7.46. The Morgan fingerprint density at radius 2 is 1.79 bits per heavy atom. The third kappa shape index (κ3) is 3.37. The first kappa shape index (κ1) is 14.5. The van der Waals surface area contributed by atoms with Gasteiger partial charge in [-0.3, -0.25) is 9.69 Å². The van der Waals surface area contributed by atoms with Crippen molar-refractivity contribution in [2.75, 3.05) is 31.1 Å². The van der Waals surface area contributed by atoms with E-state index < -0.39 is 0 Å². The summed E-state index contributed by atoms with van der Waals surface area (Å²) in [5.41, 5.74) is 2.14. The van der Waals surface area contributed by atoms with Crippen LogP contribution < -0.4 is 4.90 Å². The molecule has 2 rings (SSSR count). The number of anilines is 1. The Labute approximate surface area is 123 Å². The second-order valence-corrected chi connectivity index (χ2v) is 6.82. The first-order valence-electron chi connectivity index (χ1n) is 6.66. The van der Waals surface area contributed by atoms with Gasteiger partial charge in [-0.05, 0) is 54.9 Å². The summed E-state index contributed by atoms with van der Waals surface area (Å²) in [5.74, 6) is 0. The molecule has 1 saturated heterocycles. The highest BCUT2D eigenvalue weighted by Gasteiger charge is 2.25. The van der Waals surface area contributed by atoms with Crippen LogP contribution in [-0.4, -0.2) is 42.9 Å². The molecule has 1 fully saturated rings. The molecular formula is C15H21BrN2O. The van der Waals surface area contributed by atoms with Crippen LogP contribution in [0.15, 0.2) is 22.7 Å². The Balaban J connectivity index is 2.06. The summed E-state index contributed by atoms with van der Waals surface area (Å²) in [6.07, 6.45) is 0.880. The minimum absolute atomic E-state index is 0.244. The summed E-state index contributed by atoms with van der Waals surface area (Å²) in [6.45, 7) is 11.0. The van der Waals surface area contributed by atoms with Crippen LogP contribution in [0.25, 0.3) is 0 Å². The molecule has 19 heavy (non-hydrogen) atoms. The lowest BCUT2D eigenvalue weighted by atomic mass is 10.0. The molecule has 0 N–H and O–H groups in total. The largest absolute Gasteiger partial charge is 0.369 e. The van der Waals surface area contributed by atoms with E-state index in [1.165, 1.54) is 5.69 Å². The highest BCUT2D eigenvalue weighted by molar-refractivity contribution is 9.10. The number of carbonyl (C=O) groups is 1. The second kappa shape index (κ2) is 5.63. The maximum atomic E-state index is 10.8. The van der Waals surface area contributed by atoms with Crippen LogP contribution in [0.2, 0.25) is 0 Å². The number of benzene rings is 1. The van der Waals surface area contributed by atoms with Crippen molar-refractivity contribution in [3.63, 3.8) is 0 Å². The van der Waals surface area contributed by atoms with Gasteiger partial charge >= 0.3 is 0 Å². The number of carbonyl (C=O) groups excluding carboxylic acids is 1. The van der Waals surface area contributed by atoms with Gasteiger partial charge in [0.15, 0.2) is 6.29 Å². The molecule has 1 aliphatic rings. The third-order valence-electron chi connectivity index (χ3n) is 3.70. The van der Waals surface area contributed by atoms with Crippen molar-refractivity contribution in [2.24, 2.45) is 0 Å². The normalized spacial score (nSPS) is 17.6. The summed E-state index contributed by atoms with van der Waals surface area (Å²) >= 11 is 3.45. The lowest BCUT2D eigenvalue weighted by Crippen LogP contribution is -2.53. The van der Waals surface area contributed by atoms with Crippen molar-refractivity contribution in [3.05, 3.63) is 28.2 Å². The maximum absolute atomic E-state index is 10.8. The van der Waals surface area contributed by atoms with Gasteiger partial charge in [-0.1, -0.05) is 0 Å². The van der Waals surface area contributed by atoms with Gasteiger partial charge < -0.3 is 4.90 Å². The Hall–Kier alpha value is -0.870. The predicted octanol–water partition coefficient (Wildman–Crippen LogP) is 3.18. The van der Waals surface area contributed by atoms with Gasteiger partial charge in [-0.25, -0.2) is 0 Å². The summed E-state index contributed by atoms with van der Waals surface area (Å²) in [4.78, 5) is 15.7. The number of halogens is 1. The maximum Gasteiger partial charge on any atom is 0.151 e. The standard InChI is InChI=1S/C15H21BrN2O/c1-15(2,3)18-8-6-17(7-9-18)13-5-4-12(11-19)14(16)10-13/h4-5,10-11H,6-9H2,1-3H3. The smallest absolute Gasteiger partial charge is 0.151 e. The summed E-state index contributed by atoms with van der Waals surface area (Å²) in [5, 5.41) is 0. The van der Waals surface area contributed by atoms with Gasteiger partial charge in [-0.2, -0.15) is 0 Å². The predicted molar refractivity (Wildman–Crippen MR) is 83.1 cm³/mol. The Morgan fingerprint density at radius 3 is 2.26 bits per heavy atom. The Kier molecular flexibility index (Phi) is 4.31. The monoisotopic (exact) mass is 324 g/mol. The minimum atomic E-state index is 0.244. The molecule has 104 valence electrons. The summed E-state index contributed by atoms with van der Waals surface area (Å²) in [6, 6.07) is 5.94. The van der Waals surface area contributed by atoms with Crippen molar-refractivity contribution < 1.29 is 4.79 Å². The van der Waals surface area contributed by atoms with E-state index >= 15 is 0 Å². The number of nitrogens with zero attached hydrogens (tertiary/aromatic N) is 2. The van der Waals surface area contributed by atoms with E-state index in [4.69, 9.17) is 0 Å². The molecule has 1 heterocycles. The lowest BCUT2D eigenvalue weighted by molar-refractivity contribution is 0.112. The second-order valence-electron chi connectivity index (χ2n) is 5.97. The molecule has 3 nitrogen and oxygen atoms in total. The molecule has 0 saturated carbocycles. The molecular weight excluding hydrogens is 304 g/mol. The molecule has 0 amide bonds. The molecule has 0 aliphatic carbocycles. The molecule has 1 aromatic rings. The highest BCUT2D eigenvalue weighted by atomic mass is 79.9. The van der Waals surface area contributed by atoms with Crippen LogP contribution in [-0.2, 0) is 0 Å². The van der Waals surface area contributed by atoms with Gasteiger partial charge in [0, 0.05) is 47.4 Å². The molecule has 0 unspecified atom stereocenters. The average molecular weight is 325 g/mol. The van der Waals surface area contributed by atoms with E-state index in [1.54, 1.807) is 0 Å². The van der Waals surface area contributed by atoms with Gasteiger partial charge in [0.2, 0.25) is 0 Å². The highest BCUT2D eigenvalue weighted by Crippen LogP contribution is 2.25. The zero-order valence-electron chi connectivity index (χ0n) is 11.8. The fourth-order valence-corrected chi connectivity index (χ4v) is 2.90. The first-order chi connectivity index (χ1) is 8.91. The summed E-state index contributed by atoms with van der Waals surface area (Å²) in [7, 11) is 0. The molecule has 1 aliphatic heterocycles. The number of hydrogen-bond acceptors (Lipinski definition) is 3. The van der Waals surface area contributed by atoms with Gasteiger partial charge in [0.25, 0.3) is 0 Å². The van der Waals surface area contributed by atoms with E-state index in [9.17, 15) is 4.79 Å². The van der Waals surface area contributed by atoms with Crippen molar-refractivity contribution in [3.8, 4) is 0 Å². The third-order valence-corrected chi connectivity index (χ3v) is 4.39. The van der Waals surface area contributed by atoms with Gasteiger partial charge in [-0.15, -0.1) is 0 Å². The molecule has 1 aromatic carbocycles. The quantitative estimate of drug-likeness (QED) is 0.780. The molecule has 0 aromatic heterocycles. The number of rotatable bonds is 2. The van der Waals surface area contributed by atoms with E-state index in [0.29, 0.717) is 5.56 Å². The average Bonchev–Trinajstić information content (AvgIpc) is 2.38. The minimum Gasteiger partial charge on any atom is -0.369 e. The van der Waals surface area contributed by atoms with Crippen molar-refractivity contribution in [1.82, 2.24) is 4.90 Å². The van der Waals surface area contributed by atoms with Crippen molar-refractivity contribution in [2.45, 2.75) is 26.3 Å². The number of piperazine rings is 1. The molecule has 4 heteroatoms. The Morgan fingerprint density at radius 1 is 1.16 bits per heavy atom. The van der Waals surface area contributed by atoms with Crippen LogP contribution in [0.4, 0.5) is 5.69 Å². The molecule has 0 bridgehead atoms. The van der Waals surface area contributed by atoms with Crippen LogP contribution >= 0.6 is 15.9 Å². The van der Waals surface area contributed by atoms with Crippen LogP contribution in [0.5, 0.6) is 0 Å². The Bertz CT molecular complexity index is 460. The van der Waals surface area contributed by atoms with Gasteiger partial charge in [0.1, 0.15) is 0 Å². The van der Waals surface area contributed by atoms with E-state index in [2.05, 4.69) is 46.5 Å². The van der Waals surface area contributed by atoms with E-state index in [1.807, 2.05) is 18.2 Å². The molecule has 0 radical (unpaired) electrons. The van der Waals surface area contributed by atoms with Crippen molar-refractivity contribution in [1.29, 1.82) is 0 Å². The molecule has 0 atom stereocenters. The lowest BCUT2D eigenvalue weighted by Gasteiger charge is -2.43. The van der Waals surface area contributed by atoms with Crippen LogP contribution in [0.1, 0.15) is 31.1 Å². The van der Waals surface area contributed by atoms with E-state index in [0.717, 1.165) is 36.9 Å².